The highest BCUT2D eigenvalue weighted by Crippen LogP contribution is 2.26. The maximum Gasteiger partial charge on any atom is 0.301 e. The first-order valence-corrected chi connectivity index (χ1v) is 7.52. The molecular formula is C11H16BrN3O4S. The molecule has 0 saturated carbocycles. The van der Waals surface area contributed by atoms with E-state index in [1.54, 1.807) is 6.07 Å². The topological polar surface area (TPSA) is 120 Å². The van der Waals surface area contributed by atoms with E-state index in [1.807, 2.05) is 12.1 Å². The highest BCUT2D eigenvalue weighted by atomic mass is 79.9. The summed E-state index contributed by atoms with van der Waals surface area (Å²) in [5.41, 5.74) is 11.5. The molecule has 0 amide bonds. The first kappa shape index (κ1) is 16.9. The molecule has 7 nitrogen and oxygen atoms in total. The van der Waals surface area contributed by atoms with Crippen molar-refractivity contribution >= 4 is 33.3 Å². The average molecular weight is 366 g/mol. The van der Waals surface area contributed by atoms with Crippen LogP contribution >= 0.6 is 15.9 Å². The lowest BCUT2D eigenvalue weighted by atomic mass is 10.2. The summed E-state index contributed by atoms with van der Waals surface area (Å²) in [6.45, 7) is 0.934. The molecule has 20 heavy (non-hydrogen) atoms. The van der Waals surface area contributed by atoms with Crippen molar-refractivity contribution in [1.82, 2.24) is 0 Å². The van der Waals surface area contributed by atoms with Crippen LogP contribution in [0.4, 0.5) is 0 Å². The van der Waals surface area contributed by atoms with Gasteiger partial charge in [0.15, 0.2) is 5.96 Å². The standard InChI is InChI=1S/C11H16BrN3O4S/c12-9-6-8(7-15-11(13)14)2-3-10(9)18-4-1-5-19-20(16)17/h2-3,6H,1,4-5,7H2,(H,16,17)(H4,13,14,15). The first-order chi connectivity index (χ1) is 9.49. The highest BCUT2D eigenvalue weighted by molar-refractivity contribution is 9.10. The van der Waals surface area contributed by atoms with Gasteiger partial charge in [0, 0.05) is 6.42 Å². The van der Waals surface area contributed by atoms with Gasteiger partial charge in [-0.2, -0.15) is 4.21 Å². The third-order valence-corrected chi connectivity index (χ3v) is 3.16. The zero-order valence-corrected chi connectivity index (χ0v) is 13.0. The number of halogens is 1. The number of nitrogens with zero attached hydrogens (tertiary/aromatic N) is 1. The van der Waals surface area contributed by atoms with Crippen molar-refractivity contribution < 1.29 is 17.7 Å². The molecule has 1 aromatic rings. The number of hydrogen-bond acceptors (Lipinski definition) is 4. The van der Waals surface area contributed by atoms with E-state index in [1.165, 1.54) is 0 Å². The fraction of sp³-hybridized carbons (Fsp3) is 0.364. The van der Waals surface area contributed by atoms with Crippen molar-refractivity contribution in [3.05, 3.63) is 28.2 Å². The lowest BCUT2D eigenvalue weighted by molar-refractivity contribution is 0.246. The molecule has 1 aromatic carbocycles. The Bertz CT molecular complexity index is 495. The smallest absolute Gasteiger partial charge is 0.301 e. The molecule has 5 N–H and O–H groups in total. The third-order valence-electron chi connectivity index (χ3n) is 2.17. The summed E-state index contributed by atoms with van der Waals surface area (Å²) in [5.74, 6) is 0.714. The zero-order valence-electron chi connectivity index (χ0n) is 10.6. The molecule has 0 aliphatic rings. The molecule has 0 aliphatic heterocycles. The van der Waals surface area contributed by atoms with Crippen molar-refractivity contribution in [2.75, 3.05) is 13.2 Å². The van der Waals surface area contributed by atoms with Gasteiger partial charge in [-0.3, -0.25) is 8.74 Å². The molecule has 0 saturated heterocycles. The Hall–Kier alpha value is -1.16. The Morgan fingerprint density at radius 2 is 2.15 bits per heavy atom. The predicted octanol–water partition coefficient (Wildman–Crippen LogP) is 1.14. The molecule has 0 aromatic heterocycles. The van der Waals surface area contributed by atoms with Crippen LogP contribution in [0.1, 0.15) is 12.0 Å². The van der Waals surface area contributed by atoms with Crippen molar-refractivity contribution in [3.63, 3.8) is 0 Å². The Kier molecular flexibility index (Phi) is 7.52. The van der Waals surface area contributed by atoms with Crippen molar-refractivity contribution in [2.45, 2.75) is 13.0 Å². The molecular weight excluding hydrogens is 350 g/mol. The molecule has 0 spiro atoms. The van der Waals surface area contributed by atoms with Crippen LogP contribution in [0.5, 0.6) is 5.75 Å². The molecule has 0 radical (unpaired) electrons. The third kappa shape index (κ3) is 6.85. The van der Waals surface area contributed by atoms with Gasteiger partial charge >= 0.3 is 11.4 Å². The SMILES string of the molecule is NC(N)=NCc1ccc(OCCCOS(=O)O)c(Br)c1. The fourth-order valence-electron chi connectivity index (χ4n) is 1.31. The molecule has 0 aliphatic carbocycles. The summed E-state index contributed by atoms with van der Waals surface area (Å²) in [7, 11) is 0. The van der Waals surface area contributed by atoms with Gasteiger partial charge in [0.1, 0.15) is 5.75 Å². The molecule has 1 unspecified atom stereocenters. The van der Waals surface area contributed by atoms with E-state index in [0.29, 0.717) is 25.3 Å². The van der Waals surface area contributed by atoms with Gasteiger partial charge < -0.3 is 16.2 Å². The van der Waals surface area contributed by atoms with Crippen molar-refractivity contribution in [2.24, 2.45) is 16.5 Å². The summed E-state index contributed by atoms with van der Waals surface area (Å²) in [4.78, 5) is 3.91. The Morgan fingerprint density at radius 1 is 1.40 bits per heavy atom. The molecule has 0 heterocycles. The minimum Gasteiger partial charge on any atom is -0.492 e. The second-order valence-corrected chi connectivity index (χ2v) is 5.27. The minimum absolute atomic E-state index is 0.0442. The molecule has 112 valence electrons. The summed E-state index contributed by atoms with van der Waals surface area (Å²) in [6.07, 6.45) is 0.508. The van der Waals surface area contributed by atoms with E-state index in [2.05, 4.69) is 25.1 Å². The van der Waals surface area contributed by atoms with Crippen molar-refractivity contribution in [3.8, 4) is 5.75 Å². The highest BCUT2D eigenvalue weighted by Gasteiger charge is 2.03. The number of ether oxygens (including phenoxy) is 1. The van der Waals surface area contributed by atoms with E-state index < -0.39 is 11.4 Å². The zero-order chi connectivity index (χ0) is 15.0. The monoisotopic (exact) mass is 365 g/mol. The lowest BCUT2D eigenvalue weighted by Crippen LogP contribution is -2.22. The largest absolute Gasteiger partial charge is 0.492 e. The summed E-state index contributed by atoms with van der Waals surface area (Å²) >= 11 is 1.17. The summed E-state index contributed by atoms with van der Waals surface area (Å²) < 4.78 is 29.4. The second-order valence-electron chi connectivity index (χ2n) is 3.75. The minimum atomic E-state index is -2.23. The molecule has 0 bridgehead atoms. The van der Waals surface area contributed by atoms with Crippen LogP contribution < -0.4 is 16.2 Å². The van der Waals surface area contributed by atoms with Gasteiger partial charge in [0.2, 0.25) is 0 Å². The number of guanidine groups is 1. The maximum atomic E-state index is 10.2. The van der Waals surface area contributed by atoms with Crippen LogP contribution in [0.2, 0.25) is 0 Å². The molecule has 1 rings (SSSR count). The van der Waals surface area contributed by atoms with E-state index in [4.69, 9.17) is 20.8 Å². The van der Waals surface area contributed by atoms with Gasteiger partial charge in [-0.15, -0.1) is 0 Å². The Balaban J connectivity index is 2.43. The molecule has 9 heteroatoms. The van der Waals surface area contributed by atoms with Crippen LogP contribution in [0.15, 0.2) is 27.7 Å². The van der Waals surface area contributed by atoms with Crippen LogP contribution in [0.3, 0.4) is 0 Å². The Labute approximate surface area is 128 Å². The number of benzene rings is 1. The number of rotatable bonds is 8. The number of nitrogens with two attached hydrogens (primary N) is 2. The number of aliphatic imine (C=N–C) groups is 1. The van der Waals surface area contributed by atoms with Crippen molar-refractivity contribution in [1.29, 1.82) is 0 Å². The van der Waals surface area contributed by atoms with E-state index in [0.717, 1.165) is 10.0 Å². The average Bonchev–Trinajstić information content (AvgIpc) is 2.37. The summed E-state index contributed by atoms with van der Waals surface area (Å²) in [5, 5.41) is 0. The van der Waals surface area contributed by atoms with Crippen LogP contribution in [-0.4, -0.2) is 27.9 Å². The van der Waals surface area contributed by atoms with Gasteiger partial charge in [-0.05, 0) is 33.6 Å². The van der Waals surface area contributed by atoms with Gasteiger partial charge in [0.25, 0.3) is 0 Å². The number of hydrogen-bond donors (Lipinski definition) is 3. The van der Waals surface area contributed by atoms with E-state index in [-0.39, 0.29) is 12.6 Å². The lowest BCUT2D eigenvalue weighted by Gasteiger charge is -2.09. The van der Waals surface area contributed by atoms with Crippen LogP contribution in [0, 0.1) is 0 Å². The van der Waals surface area contributed by atoms with E-state index >= 15 is 0 Å². The van der Waals surface area contributed by atoms with Gasteiger partial charge in [-0.25, -0.2) is 4.99 Å². The van der Waals surface area contributed by atoms with Crippen LogP contribution in [0.25, 0.3) is 0 Å². The second kappa shape index (κ2) is 8.90. The Morgan fingerprint density at radius 3 is 2.75 bits per heavy atom. The predicted molar refractivity (Wildman–Crippen MR) is 80.5 cm³/mol. The molecule has 1 atom stereocenters. The van der Waals surface area contributed by atoms with Gasteiger partial charge in [0.05, 0.1) is 24.2 Å². The van der Waals surface area contributed by atoms with Crippen LogP contribution in [-0.2, 0) is 22.1 Å². The fourth-order valence-corrected chi connectivity index (χ4v) is 2.11. The summed E-state index contributed by atoms with van der Waals surface area (Å²) in [6, 6.07) is 5.51. The van der Waals surface area contributed by atoms with E-state index in [9.17, 15) is 4.21 Å². The quantitative estimate of drug-likeness (QED) is 0.275. The normalized spacial score (nSPS) is 11.9. The molecule has 0 fully saturated rings. The maximum absolute atomic E-state index is 10.2. The van der Waals surface area contributed by atoms with Gasteiger partial charge in [-0.1, -0.05) is 6.07 Å². The first-order valence-electron chi connectivity index (χ1n) is 5.70.